The number of esters is 1. The van der Waals surface area contributed by atoms with Crippen molar-refractivity contribution < 1.29 is 23.9 Å². The molecule has 0 spiro atoms. The minimum Gasteiger partial charge on any atom is -0.468 e. The zero-order chi connectivity index (χ0) is 21.8. The normalized spacial score (nSPS) is 33.4. The van der Waals surface area contributed by atoms with Gasteiger partial charge in [-0.3, -0.25) is 9.59 Å². The Bertz CT molecular complexity index is 833. The van der Waals surface area contributed by atoms with E-state index >= 15 is 0 Å². The number of carbonyl (C=O) groups excluding carboxylic acids is 3. The van der Waals surface area contributed by atoms with E-state index in [0.717, 1.165) is 30.4 Å². The van der Waals surface area contributed by atoms with Crippen LogP contribution in [0, 0.1) is 23.7 Å². The second kappa shape index (κ2) is 7.54. The number of fused-ring (bicyclic) bond motifs is 4. The molecular formula is C24H33NO5. The third-order valence-electron chi connectivity index (χ3n) is 7.18. The quantitative estimate of drug-likeness (QED) is 0.477. The van der Waals surface area contributed by atoms with Crippen LogP contribution in [0.5, 0.6) is 0 Å². The molecule has 1 saturated heterocycles. The van der Waals surface area contributed by atoms with Crippen molar-refractivity contribution in [1.29, 1.82) is 0 Å². The minimum atomic E-state index is -0.737. The maximum atomic E-state index is 13.5. The van der Waals surface area contributed by atoms with Gasteiger partial charge in [0.15, 0.2) is 5.78 Å². The van der Waals surface area contributed by atoms with E-state index < -0.39 is 17.5 Å². The first kappa shape index (κ1) is 21.1. The number of hydrogen-bond acceptors (Lipinski definition) is 5. The van der Waals surface area contributed by atoms with E-state index in [2.05, 4.69) is 13.0 Å². The van der Waals surface area contributed by atoms with Crippen LogP contribution in [0.1, 0.15) is 59.8 Å². The Morgan fingerprint density at radius 3 is 2.60 bits per heavy atom. The Kier molecular flexibility index (Phi) is 5.31. The molecule has 0 saturated carbocycles. The number of methoxy groups -OCH3 is 1. The van der Waals surface area contributed by atoms with Crippen LogP contribution in [0.4, 0.5) is 4.79 Å². The lowest BCUT2D eigenvalue weighted by Crippen LogP contribution is -2.44. The first-order chi connectivity index (χ1) is 14.1. The van der Waals surface area contributed by atoms with Gasteiger partial charge in [-0.05, 0) is 81.8 Å². The predicted molar refractivity (Wildman–Crippen MR) is 112 cm³/mol. The first-order valence-electron chi connectivity index (χ1n) is 11.2. The maximum Gasteiger partial charge on any atom is 0.410 e. The van der Waals surface area contributed by atoms with Gasteiger partial charge in [-0.2, -0.15) is 0 Å². The molecule has 0 N–H and O–H groups in total. The molecule has 0 aromatic heterocycles. The molecule has 1 heterocycles. The lowest BCUT2D eigenvalue weighted by atomic mass is 9.73. The summed E-state index contributed by atoms with van der Waals surface area (Å²) in [4.78, 5) is 40.9. The van der Waals surface area contributed by atoms with Crippen LogP contribution in [0.15, 0.2) is 22.8 Å². The van der Waals surface area contributed by atoms with Gasteiger partial charge >= 0.3 is 12.1 Å². The van der Waals surface area contributed by atoms with Gasteiger partial charge in [0, 0.05) is 12.1 Å². The van der Waals surface area contributed by atoms with E-state index in [0.29, 0.717) is 31.2 Å². The number of carbonyl (C=O) groups is 3. The van der Waals surface area contributed by atoms with Crippen LogP contribution >= 0.6 is 0 Å². The molecule has 6 nitrogen and oxygen atoms in total. The summed E-state index contributed by atoms with van der Waals surface area (Å²) in [6.45, 7) is 8.44. The van der Waals surface area contributed by atoms with E-state index in [4.69, 9.17) is 9.47 Å². The average Bonchev–Trinajstić information content (AvgIpc) is 3.24. The number of ether oxygens (including phenoxy) is 2. The van der Waals surface area contributed by atoms with Crippen LogP contribution in [-0.2, 0) is 19.1 Å². The van der Waals surface area contributed by atoms with Crippen LogP contribution in [0.2, 0.25) is 0 Å². The highest BCUT2D eigenvalue weighted by Crippen LogP contribution is 2.51. The molecule has 1 fully saturated rings. The molecule has 0 bridgehead atoms. The van der Waals surface area contributed by atoms with Crippen molar-refractivity contribution in [3.05, 3.63) is 22.8 Å². The van der Waals surface area contributed by atoms with Gasteiger partial charge in [0.25, 0.3) is 0 Å². The Labute approximate surface area is 178 Å². The topological polar surface area (TPSA) is 72.9 Å². The van der Waals surface area contributed by atoms with Gasteiger partial charge < -0.3 is 14.4 Å². The molecular weight excluding hydrogens is 382 g/mol. The zero-order valence-corrected chi connectivity index (χ0v) is 18.7. The Morgan fingerprint density at radius 2 is 1.93 bits per heavy atom. The molecule has 0 aromatic rings. The van der Waals surface area contributed by atoms with Crippen LogP contribution in [0.25, 0.3) is 0 Å². The van der Waals surface area contributed by atoms with E-state index in [1.165, 1.54) is 12.7 Å². The Hall–Kier alpha value is -2.11. The second-order valence-corrected chi connectivity index (χ2v) is 10.3. The number of Topliss-reactive ketones (excluding diaryl/α,β-unsaturated/α-hetero) is 1. The fourth-order valence-corrected chi connectivity index (χ4v) is 5.93. The van der Waals surface area contributed by atoms with Crippen molar-refractivity contribution in [1.82, 2.24) is 4.90 Å². The third kappa shape index (κ3) is 3.48. The van der Waals surface area contributed by atoms with E-state index in [1.807, 2.05) is 25.7 Å². The van der Waals surface area contributed by atoms with Gasteiger partial charge in [0.1, 0.15) is 11.5 Å². The molecule has 3 aliphatic carbocycles. The molecule has 0 aromatic carbocycles. The van der Waals surface area contributed by atoms with Crippen molar-refractivity contribution in [3.63, 3.8) is 0 Å². The van der Waals surface area contributed by atoms with Gasteiger partial charge in [-0.15, -0.1) is 0 Å². The second-order valence-electron chi connectivity index (χ2n) is 10.3. The SMILES string of the molecule is COC(=O)C1C[C@H]2CCC=C2C2=C(CC[C@@H]3[C@H](C)CN(C(=O)OC(C)(C)C)[C@H]23)C1=O. The van der Waals surface area contributed by atoms with Gasteiger partial charge in [0.05, 0.1) is 13.2 Å². The number of amides is 1. The molecule has 1 amide bonds. The minimum absolute atomic E-state index is 0.103. The molecule has 164 valence electrons. The van der Waals surface area contributed by atoms with Crippen LogP contribution in [0.3, 0.4) is 0 Å². The highest BCUT2D eigenvalue weighted by Gasteiger charge is 2.52. The summed E-state index contributed by atoms with van der Waals surface area (Å²) in [7, 11) is 1.35. The fraction of sp³-hybridized carbons (Fsp3) is 0.708. The van der Waals surface area contributed by atoms with Crippen LogP contribution < -0.4 is 0 Å². The molecule has 4 rings (SSSR count). The summed E-state index contributed by atoms with van der Waals surface area (Å²) in [6, 6.07) is -0.147. The van der Waals surface area contributed by atoms with Gasteiger partial charge in [-0.1, -0.05) is 13.0 Å². The number of likely N-dealkylation sites (tertiary alicyclic amines) is 1. The highest BCUT2D eigenvalue weighted by atomic mass is 16.6. The summed E-state index contributed by atoms with van der Waals surface area (Å²) in [5.74, 6) is -0.465. The smallest absolute Gasteiger partial charge is 0.410 e. The molecule has 1 unspecified atom stereocenters. The molecule has 30 heavy (non-hydrogen) atoms. The Balaban J connectivity index is 1.79. The number of hydrogen-bond donors (Lipinski definition) is 0. The van der Waals surface area contributed by atoms with Crippen molar-refractivity contribution in [2.45, 2.75) is 71.4 Å². The number of nitrogens with zero attached hydrogens (tertiary/aromatic N) is 1. The third-order valence-corrected chi connectivity index (χ3v) is 7.18. The monoisotopic (exact) mass is 415 g/mol. The number of rotatable bonds is 1. The molecule has 6 heteroatoms. The van der Waals surface area contributed by atoms with Crippen LogP contribution in [-0.4, -0.2) is 48.0 Å². The lowest BCUT2D eigenvalue weighted by molar-refractivity contribution is -0.149. The number of ketones is 1. The fourth-order valence-electron chi connectivity index (χ4n) is 5.93. The van der Waals surface area contributed by atoms with Gasteiger partial charge in [-0.25, -0.2) is 4.79 Å². The molecule has 0 radical (unpaired) electrons. The van der Waals surface area contributed by atoms with Crippen molar-refractivity contribution in [2.75, 3.05) is 13.7 Å². The van der Waals surface area contributed by atoms with Crippen molar-refractivity contribution >= 4 is 17.8 Å². The predicted octanol–water partition coefficient (Wildman–Crippen LogP) is 4.05. The van der Waals surface area contributed by atoms with E-state index in [1.54, 1.807) is 0 Å². The van der Waals surface area contributed by atoms with Crippen molar-refractivity contribution in [2.24, 2.45) is 23.7 Å². The van der Waals surface area contributed by atoms with E-state index in [-0.39, 0.29) is 23.8 Å². The largest absolute Gasteiger partial charge is 0.468 e. The average molecular weight is 416 g/mol. The first-order valence-corrected chi connectivity index (χ1v) is 11.2. The lowest BCUT2D eigenvalue weighted by Gasteiger charge is -2.37. The van der Waals surface area contributed by atoms with Crippen molar-refractivity contribution in [3.8, 4) is 0 Å². The maximum absolute atomic E-state index is 13.5. The van der Waals surface area contributed by atoms with E-state index in [9.17, 15) is 14.4 Å². The standard InChI is InChI=1S/C24H33NO5/c1-13-12-25(23(28)30-24(2,3)4)20-15(13)9-10-17-19(20)16-8-6-7-14(16)11-18(21(17)26)22(27)29-5/h8,13-15,18,20H,6-7,9-12H2,1-5H3/t13-,14-,15-,18?,20+/m1/s1. The summed E-state index contributed by atoms with van der Waals surface area (Å²) in [5.41, 5.74) is 2.36. The zero-order valence-electron chi connectivity index (χ0n) is 18.7. The van der Waals surface area contributed by atoms with Gasteiger partial charge in [0.2, 0.25) is 0 Å². The summed E-state index contributed by atoms with van der Waals surface area (Å²) < 4.78 is 10.7. The highest BCUT2D eigenvalue weighted by molar-refractivity contribution is 6.09. The Morgan fingerprint density at radius 1 is 1.20 bits per heavy atom. The summed E-state index contributed by atoms with van der Waals surface area (Å²) in [5, 5.41) is 0. The number of allylic oxidation sites excluding steroid dienone is 2. The molecule has 4 aliphatic rings. The molecule has 1 aliphatic heterocycles. The summed E-state index contributed by atoms with van der Waals surface area (Å²) >= 11 is 0. The molecule has 5 atom stereocenters. The summed E-state index contributed by atoms with van der Waals surface area (Å²) in [6.07, 6.45) is 5.81.